The SMILES string of the molecule is O=CNc1ccc2c(c1)CC(=O)NC2. The Morgan fingerprint density at radius 2 is 2.21 bits per heavy atom. The average Bonchev–Trinajstić information content (AvgIpc) is 2.17. The van der Waals surface area contributed by atoms with Crippen LogP contribution in [0, 0.1) is 0 Å². The van der Waals surface area contributed by atoms with Gasteiger partial charge in [0.05, 0.1) is 6.42 Å². The Labute approximate surface area is 81.3 Å². The third-order valence-electron chi connectivity index (χ3n) is 2.26. The van der Waals surface area contributed by atoms with Crippen molar-refractivity contribution in [2.45, 2.75) is 13.0 Å². The maximum Gasteiger partial charge on any atom is 0.224 e. The van der Waals surface area contributed by atoms with Crippen molar-refractivity contribution < 1.29 is 9.59 Å². The molecular weight excluding hydrogens is 180 g/mol. The first-order chi connectivity index (χ1) is 6.79. The van der Waals surface area contributed by atoms with Crippen LogP contribution in [0.1, 0.15) is 11.1 Å². The molecular formula is C10H10N2O2. The predicted molar refractivity (Wildman–Crippen MR) is 51.7 cm³/mol. The Kier molecular flexibility index (Phi) is 2.18. The van der Waals surface area contributed by atoms with Crippen LogP contribution in [0.15, 0.2) is 18.2 Å². The highest BCUT2D eigenvalue weighted by Gasteiger charge is 2.14. The summed E-state index contributed by atoms with van der Waals surface area (Å²) in [4.78, 5) is 21.3. The Bertz CT molecular complexity index is 388. The van der Waals surface area contributed by atoms with Gasteiger partial charge in [-0.1, -0.05) is 6.07 Å². The summed E-state index contributed by atoms with van der Waals surface area (Å²) >= 11 is 0. The molecule has 14 heavy (non-hydrogen) atoms. The summed E-state index contributed by atoms with van der Waals surface area (Å²) in [5.41, 5.74) is 2.83. The predicted octanol–water partition coefficient (Wildman–Crippen LogP) is 0.427. The van der Waals surface area contributed by atoms with Crippen LogP contribution in [0.5, 0.6) is 0 Å². The first kappa shape index (κ1) is 8.74. The number of hydrogen-bond donors (Lipinski definition) is 2. The van der Waals surface area contributed by atoms with E-state index in [1.54, 1.807) is 0 Å². The van der Waals surface area contributed by atoms with Gasteiger partial charge in [-0.3, -0.25) is 9.59 Å². The van der Waals surface area contributed by atoms with E-state index >= 15 is 0 Å². The molecule has 4 nitrogen and oxygen atoms in total. The number of amides is 2. The molecule has 1 aromatic carbocycles. The number of rotatable bonds is 2. The van der Waals surface area contributed by atoms with Gasteiger partial charge in [0.2, 0.25) is 12.3 Å². The molecule has 1 aliphatic heterocycles. The van der Waals surface area contributed by atoms with Crippen LogP contribution >= 0.6 is 0 Å². The van der Waals surface area contributed by atoms with Gasteiger partial charge in [0, 0.05) is 12.2 Å². The lowest BCUT2D eigenvalue weighted by molar-refractivity contribution is -0.121. The molecule has 4 heteroatoms. The standard InChI is InChI=1S/C10H10N2O2/c13-6-12-9-2-1-7-5-11-10(14)4-8(7)3-9/h1-3,6H,4-5H2,(H,11,14)(H,12,13). The van der Waals surface area contributed by atoms with Gasteiger partial charge in [-0.15, -0.1) is 0 Å². The molecule has 1 aliphatic rings. The molecule has 0 radical (unpaired) electrons. The molecule has 1 heterocycles. The lowest BCUT2D eigenvalue weighted by Crippen LogP contribution is -2.30. The molecule has 0 atom stereocenters. The lowest BCUT2D eigenvalue weighted by Gasteiger charge is -2.17. The molecule has 0 aromatic heterocycles. The van der Waals surface area contributed by atoms with Crippen molar-refractivity contribution in [2.75, 3.05) is 5.32 Å². The van der Waals surface area contributed by atoms with E-state index in [1.165, 1.54) is 0 Å². The molecule has 2 amide bonds. The van der Waals surface area contributed by atoms with Crippen molar-refractivity contribution >= 4 is 18.0 Å². The van der Waals surface area contributed by atoms with E-state index in [0.29, 0.717) is 19.4 Å². The van der Waals surface area contributed by atoms with Crippen LogP contribution < -0.4 is 10.6 Å². The zero-order valence-electron chi connectivity index (χ0n) is 7.54. The molecule has 0 unspecified atom stereocenters. The van der Waals surface area contributed by atoms with Crippen LogP contribution in [-0.4, -0.2) is 12.3 Å². The molecule has 0 aliphatic carbocycles. The van der Waals surface area contributed by atoms with E-state index in [0.717, 1.165) is 16.8 Å². The van der Waals surface area contributed by atoms with Gasteiger partial charge < -0.3 is 10.6 Å². The van der Waals surface area contributed by atoms with Crippen molar-refractivity contribution in [3.8, 4) is 0 Å². The van der Waals surface area contributed by atoms with Crippen LogP contribution in [0.2, 0.25) is 0 Å². The second-order valence-corrected chi connectivity index (χ2v) is 3.20. The van der Waals surface area contributed by atoms with E-state index in [9.17, 15) is 9.59 Å². The number of hydrogen-bond acceptors (Lipinski definition) is 2. The van der Waals surface area contributed by atoms with Crippen LogP contribution in [0.25, 0.3) is 0 Å². The van der Waals surface area contributed by atoms with Crippen LogP contribution in [-0.2, 0) is 22.6 Å². The van der Waals surface area contributed by atoms with E-state index in [4.69, 9.17) is 0 Å². The fourth-order valence-electron chi connectivity index (χ4n) is 1.55. The molecule has 0 saturated carbocycles. The fraction of sp³-hybridized carbons (Fsp3) is 0.200. The molecule has 1 aromatic rings. The van der Waals surface area contributed by atoms with Crippen LogP contribution in [0.3, 0.4) is 0 Å². The van der Waals surface area contributed by atoms with E-state index in [-0.39, 0.29) is 5.91 Å². The minimum atomic E-state index is 0.0285. The van der Waals surface area contributed by atoms with E-state index < -0.39 is 0 Å². The Hall–Kier alpha value is -1.84. The van der Waals surface area contributed by atoms with Gasteiger partial charge in [-0.2, -0.15) is 0 Å². The van der Waals surface area contributed by atoms with Gasteiger partial charge in [0.15, 0.2) is 0 Å². The van der Waals surface area contributed by atoms with Crippen molar-refractivity contribution in [1.82, 2.24) is 5.32 Å². The summed E-state index contributed by atoms with van der Waals surface area (Å²) in [5, 5.41) is 5.32. The smallest absolute Gasteiger partial charge is 0.224 e. The van der Waals surface area contributed by atoms with Gasteiger partial charge in [-0.25, -0.2) is 0 Å². The van der Waals surface area contributed by atoms with Crippen molar-refractivity contribution in [3.05, 3.63) is 29.3 Å². The maximum absolute atomic E-state index is 11.1. The summed E-state index contributed by atoms with van der Waals surface area (Å²) in [6.07, 6.45) is 1.02. The normalized spacial score (nSPS) is 14.1. The monoisotopic (exact) mass is 190 g/mol. The van der Waals surface area contributed by atoms with Crippen molar-refractivity contribution in [1.29, 1.82) is 0 Å². The Morgan fingerprint density at radius 1 is 1.36 bits per heavy atom. The third-order valence-corrected chi connectivity index (χ3v) is 2.26. The number of benzene rings is 1. The first-order valence-corrected chi connectivity index (χ1v) is 4.38. The van der Waals surface area contributed by atoms with Crippen LogP contribution in [0.4, 0.5) is 5.69 Å². The summed E-state index contributed by atoms with van der Waals surface area (Å²) in [6.45, 7) is 0.579. The second-order valence-electron chi connectivity index (χ2n) is 3.20. The van der Waals surface area contributed by atoms with Gasteiger partial charge in [0.25, 0.3) is 0 Å². The van der Waals surface area contributed by atoms with Crippen molar-refractivity contribution in [2.24, 2.45) is 0 Å². The maximum atomic E-state index is 11.1. The third kappa shape index (κ3) is 1.59. The second kappa shape index (κ2) is 3.49. The molecule has 72 valence electrons. The molecule has 0 saturated heterocycles. The average molecular weight is 190 g/mol. The Morgan fingerprint density at radius 3 is 3.00 bits per heavy atom. The number of fused-ring (bicyclic) bond motifs is 1. The largest absolute Gasteiger partial charge is 0.352 e. The summed E-state index contributed by atoms with van der Waals surface area (Å²) < 4.78 is 0. The first-order valence-electron chi connectivity index (χ1n) is 4.38. The zero-order valence-corrected chi connectivity index (χ0v) is 7.54. The molecule has 2 N–H and O–H groups in total. The summed E-state index contributed by atoms with van der Waals surface area (Å²) in [7, 11) is 0. The van der Waals surface area contributed by atoms with Gasteiger partial charge in [-0.05, 0) is 23.3 Å². The zero-order chi connectivity index (χ0) is 9.97. The highest BCUT2D eigenvalue weighted by Crippen LogP contribution is 2.18. The quantitative estimate of drug-likeness (QED) is 0.664. The minimum absolute atomic E-state index is 0.0285. The van der Waals surface area contributed by atoms with Gasteiger partial charge in [0.1, 0.15) is 0 Å². The molecule has 0 spiro atoms. The fourth-order valence-corrected chi connectivity index (χ4v) is 1.55. The lowest BCUT2D eigenvalue weighted by atomic mass is 10.00. The number of nitrogens with one attached hydrogen (secondary N) is 2. The minimum Gasteiger partial charge on any atom is -0.352 e. The number of carbonyl (C=O) groups excluding carboxylic acids is 2. The van der Waals surface area contributed by atoms with E-state index in [2.05, 4.69) is 10.6 Å². The van der Waals surface area contributed by atoms with Gasteiger partial charge >= 0.3 is 0 Å². The highest BCUT2D eigenvalue weighted by atomic mass is 16.1. The Balaban J connectivity index is 2.32. The molecule has 0 fully saturated rings. The number of anilines is 1. The van der Waals surface area contributed by atoms with Crippen molar-refractivity contribution in [3.63, 3.8) is 0 Å². The topological polar surface area (TPSA) is 58.2 Å². The van der Waals surface area contributed by atoms with E-state index in [1.807, 2.05) is 18.2 Å². The summed E-state index contributed by atoms with van der Waals surface area (Å²) in [6, 6.07) is 5.58. The molecule has 2 rings (SSSR count). The summed E-state index contributed by atoms with van der Waals surface area (Å²) in [5.74, 6) is 0.0285. The number of carbonyl (C=O) groups is 2. The molecule has 0 bridgehead atoms. The highest BCUT2D eigenvalue weighted by molar-refractivity contribution is 5.81.